The highest BCUT2D eigenvalue weighted by atomic mass is 16.1. The predicted octanol–water partition coefficient (Wildman–Crippen LogP) is 1.05. The van der Waals surface area contributed by atoms with Crippen molar-refractivity contribution < 1.29 is 0 Å². The van der Waals surface area contributed by atoms with Gasteiger partial charge in [0, 0.05) is 12.6 Å². The van der Waals surface area contributed by atoms with Crippen LogP contribution in [0.15, 0.2) is 29.3 Å². The lowest BCUT2D eigenvalue weighted by Gasteiger charge is -2.09. The second kappa shape index (κ2) is 4.06. The molecule has 1 aromatic heterocycles. The average molecular weight is 217 g/mol. The van der Waals surface area contributed by atoms with Crippen molar-refractivity contribution in [1.82, 2.24) is 9.55 Å². The second-order valence-corrected chi connectivity index (χ2v) is 4.15. The van der Waals surface area contributed by atoms with Crippen LogP contribution in [-0.4, -0.2) is 15.6 Å². The van der Waals surface area contributed by atoms with Crippen LogP contribution in [0, 0.1) is 6.92 Å². The molecule has 0 aliphatic carbocycles. The molecule has 0 fully saturated rings. The summed E-state index contributed by atoms with van der Waals surface area (Å²) in [6.07, 6.45) is 1.57. The summed E-state index contributed by atoms with van der Waals surface area (Å²) in [7, 11) is 0. The van der Waals surface area contributed by atoms with E-state index in [0.717, 1.165) is 11.1 Å². The number of rotatable bonds is 2. The Balaban J connectivity index is 2.66. The van der Waals surface area contributed by atoms with Crippen molar-refractivity contribution in [2.75, 3.05) is 0 Å². The van der Waals surface area contributed by atoms with Crippen LogP contribution in [0.25, 0.3) is 10.9 Å². The Bertz CT molecular complexity index is 572. The monoisotopic (exact) mass is 217 g/mol. The first kappa shape index (κ1) is 10.8. The standard InChI is InChI=1S/C12H15N3O/c1-8-4-3-5-10-11(8)14-7-15(12(10)16)6-9(2)13/h3-5,7,9H,6,13H2,1-2H3. The van der Waals surface area contributed by atoms with E-state index in [-0.39, 0.29) is 11.6 Å². The predicted molar refractivity (Wildman–Crippen MR) is 64.4 cm³/mol. The zero-order valence-electron chi connectivity index (χ0n) is 9.47. The van der Waals surface area contributed by atoms with E-state index in [0.29, 0.717) is 11.9 Å². The van der Waals surface area contributed by atoms with Gasteiger partial charge in [-0.3, -0.25) is 9.36 Å². The van der Waals surface area contributed by atoms with Gasteiger partial charge in [0.15, 0.2) is 0 Å². The number of fused-ring (bicyclic) bond motifs is 1. The fourth-order valence-corrected chi connectivity index (χ4v) is 1.78. The summed E-state index contributed by atoms with van der Waals surface area (Å²) in [6, 6.07) is 5.57. The second-order valence-electron chi connectivity index (χ2n) is 4.15. The normalized spacial score (nSPS) is 12.9. The highest BCUT2D eigenvalue weighted by Gasteiger charge is 2.06. The third-order valence-electron chi connectivity index (χ3n) is 2.54. The molecule has 0 radical (unpaired) electrons. The van der Waals surface area contributed by atoms with Crippen molar-refractivity contribution in [3.05, 3.63) is 40.4 Å². The first-order valence-corrected chi connectivity index (χ1v) is 5.30. The van der Waals surface area contributed by atoms with Crippen molar-refractivity contribution in [2.45, 2.75) is 26.4 Å². The van der Waals surface area contributed by atoms with Crippen molar-refractivity contribution in [3.8, 4) is 0 Å². The zero-order chi connectivity index (χ0) is 11.7. The summed E-state index contributed by atoms with van der Waals surface area (Å²) < 4.78 is 1.56. The van der Waals surface area contributed by atoms with Gasteiger partial charge in [-0.25, -0.2) is 4.98 Å². The van der Waals surface area contributed by atoms with Gasteiger partial charge in [0.1, 0.15) is 0 Å². The zero-order valence-corrected chi connectivity index (χ0v) is 9.47. The maximum absolute atomic E-state index is 12.1. The quantitative estimate of drug-likeness (QED) is 0.818. The van der Waals surface area contributed by atoms with Gasteiger partial charge in [0.05, 0.1) is 17.2 Å². The molecule has 84 valence electrons. The van der Waals surface area contributed by atoms with Crippen molar-refractivity contribution >= 4 is 10.9 Å². The van der Waals surface area contributed by atoms with Crippen LogP contribution in [0.1, 0.15) is 12.5 Å². The van der Waals surface area contributed by atoms with Crippen molar-refractivity contribution in [2.24, 2.45) is 5.73 Å². The third kappa shape index (κ3) is 1.84. The molecule has 1 unspecified atom stereocenters. The molecular formula is C12H15N3O. The van der Waals surface area contributed by atoms with Crippen LogP contribution in [0.3, 0.4) is 0 Å². The van der Waals surface area contributed by atoms with Gasteiger partial charge in [-0.2, -0.15) is 0 Å². The lowest BCUT2D eigenvalue weighted by Crippen LogP contribution is -2.30. The Morgan fingerprint density at radius 1 is 1.50 bits per heavy atom. The summed E-state index contributed by atoms with van der Waals surface area (Å²) in [5.41, 5.74) is 7.45. The molecule has 4 heteroatoms. The lowest BCUT2D eigenvalue weighted by atomic mass is 10.1. The Morgan fingerprint density at radius 2 is 2.25 bits per heavy atom. The number of aromatic nitrogens is 2. The largest absolute Gasteiger partial charge is 0.326 e. The van der Waals surface area contributed by atoms with Crippen LogP contribution < -0.4 is 11.3 Å². The molecule has 0 aliphatic rings. The number of aryl methyl sites for hydroxylation is 1. The molecule has 2 N–H and O–H groups in total. The van der Waals surface area contributed by atoms with Gasteiger partial charge in [-0.05, 0) is 25.5 Å². The number of nitrogens with two attached hydrogens (primary N) is 1. The van der Waals surface area contributed by atoms with Crippen LogP contribution in [0.2, 0.25) is 0 Å². The van der Waals surface area contributed by atoms with E-state index < -0.39 is 0 Å². The highest BCUT2D eigenvalue weighted by Crippen LogP contribution is 2.11. The molecule has 1 atom stereocenters. The number of benzene rings is 1. The Morgan fingerprint density at radius 3 is 2.94 bits per heavy atom. The summed E-state index contributed by atoms with van der Waals surface area (Å²) in [6.45, 7) is 4.31. The SMILES string of the molecule is Cc1cccc2c(=O)n(CC(C)N)cnc12. The van der Waals surface area contributed by atoms with E-state index in [1.165, 1.54) is 0 Å². The summed E-state index contributed by atoms with van der Waals surface area (Å²) >= 11 is 0. The Kier molecular flexibility index (Phi) is 2.75. The fraction of sp³-hybridized carbons (Fsp3) is 0.333. The van der Waals surface area contributed by atoms with Gasteiger partial charge in [0.2, 0.25) is 0 Å². The third-order valence-corrected chi connectivity index (χ3v) is 2.54. The van der Waals surface area contributed by atoms with Gasteiger partial charge in [-0.15, -0.1) is 0 Å². The molecular weight excluding hydrogens is 202 g/mol. The van der Waals surface area contributed by atoms with E-state index in [1.54, 1.807) is 17.0 Å². The number of para-hydroxylation sites is 1. The summed E-state index contributed by atoms with van der Waals surface area (Å²) in [5, 5.41) is 0.656. The molecule has 2 aromatic rings. The van der Waals surface area contributed by atoms with Gasteiger partial charge >= 0.3 is 0 Å². The number of hydrogen-bond acceptors (Lipinski definition) is 3. The topological polar surface area (TPSA) is 60.9 Å². The molecule has 0 aliphatic heterocycles. The van der Waals surface area contributed by atoms with Crippen molar-refractivity contribution in [1.29, 1.82) is 0 Å². The van der Waals surface area contributed by atoms with E-state index in [2.05, 4.69) is 4.98 Å². The first-order chi connectivity index (χ1) is 7.59. The average Bonchev–Trinajstić information content (AvgIpc) is 2.23. The maximum Gasteiger partial charge on any atom is 0.261 e. The fourth-order valence-electron chi connectivity index (χ4n) is 1.78. The molecule has 4 nitrogen and oxygen atoms in total. The van der Waals surface area contributed by atoms with Gasteiger partial charge in [0.25, 0.3) is 5.56 Å². The Hall–Kier alpha value is -1.68. The first-order valence-electron chi connectivity index (χ1n) is 5.30. The van der Waals surface area contributed by atoms with E-state index in [4.69, 9.17) is 5.73 Å². The number of nitrogens with zero attached hydrogens (tertiary/aromatic N) is 2. The van der Waals surface area contributed by atoms with Crippen LogP contribution >= 0.6 is 0 Å². The van der Waals surface area contributed by atoms with E-state index in [9.17, 15) is 4.79 Å². The molecule has 1 aromatic carbocycles. The van der Waals surface area contributed by atoms with Crippen LogP contribution in [-0.2, 0) is 6.54 Å². The molecule has 0 saturated carbocycles. The molecule has 0 spiro atoms. The number of hydrogen-bond donors (Lipinski definition) is 1. The van der Waals surface area contributed by atoms with Crippen molar-refractivity contribution in [3.63, 3.8) is 0 Å². The smallest absolute Gasteiger partial charge is 0.261 e. The molecule has 0 bridgehead atoms. The minimum atomic E-state index is -0.0539. The molecule has 0 saturated heterocycles. The van der Waals surface area contributed by atoms with Gasteiger partial charge < -0.3 is 5.73 Å². The maximum atomic E-state index is 12.1. The minimum Gasteiger partial charge on any atom is -0.326 e. The van der Waals surface area contributed by atoms with Gasteiger partial charge in [-0.1, -0.05) is 12.1 Å². The van der Waals surface area contributed by atoms with E-state index >= 15 is 0 Å². The summed E-state index contributed by atoms with van der Waals surface area (Å²) in [4.78, 5) is 16.4. The minimum absolute atomic E-state index is 0.0222. The summed E-state index contributed by atoms with van der Waals surface area (Å²) in [5.74, 6) is 0. The molecule has 0 amide bonds. The molecule has 2 rings (SSSR count). The lowest BCUT2D eigenvalue weighted by molar-refractivity contribution is 0.570. The molecule has 1 heterocycles. The Labute approximate surface area is 93.7 Å². The van der Waals surface area contributed by atoms with Crippen LogP contribution in [0.5, 0.6) is 0 Å². The molecule has 16 heavy (non-hydrogen) atoms. The van der Waals surface area contributed by atoms with Crippen LogP contribution in [0.4, 0.5) is 0 Å². The van der Waals surface area contributed by atoms with E-state index in [1.807, 2.05) is 26.0 Å². The highest BCUT2D eigenvalue weighted by molar-refractivity contribution is 5.80.